The van der Waals surface area contributed by atoms with Gasteiger partial charge in [-0.2, -0.15) is 0 Å². The number of aryl methyl sites for hydroxylation is 1. The van der Waals surface area contributed by atoms with Crippen LogP contribution in [0.1, 0.15) is 21.7 Å². The van der Waals surface area contributed by atoms with E-state index in [0.717, 1.165) is 11.3 Å². The van der Waals surface area contributed by atoms with Crippen molar-refractivity contribution in [3.05, 3.63) is 53.9 Å². The van der Waals surface area contributed by atoms with Crippen LogP contribution >= 0.6 is 0 Å². The normalized spacial score (nSPS) is 10.1. The number of carbonyl (C=O) groups is 1. The van der Waals surface area contributed by atoms with Gasteiger partial charge < -0.3 is 4.90 Å². The van der Waals surface area contributed by atoms with Crippen LogP contribution in [-0.4, -0.2) is 32.8 Å². The van der Waals surface area contributed by atoms with Gasteiger partial charge in [-0.15, -0.1) is 0 Å². The molecular formula is C13H14N4O. The average molecular weight is 242 g/mol. The molecular weight excluding hydrogens is 228 g/mol. The first-order valence-corrected chi connectivity index (χ1v) is 5.60. The van der Waals surface area contributed by atoms with Crippen molar-refractivity contribution in [2.24, 2.45) is 0 Å². The van der Waals surface area contributed by atoms with Gasteiger partial charge in [-0.25, -0.2) is 4.98 Å². The Morgan fingerprint density at radius 2 is 2.11 bits per heavy atom. The minimum atomic E-state index is -0.147. The van der Waals surface area contributed by atoms with Gasteiger partial charge in [0.1, 0.15) is 5.69 Å². The van der Waals surface area contributed by atoms with E-state index < -0.39 is 0 Å². The number of carbonyl (C=O) groups excluding carboxylic acids is 1. The fraction of sp³-hybridized carbons (Fsp3) is 0.231. The largest absolute Gasteiger partial charge is 0.336 e. The first-order valence-electron chi connectivity index (χ1n) is 5.60. The van der Waals surface area contributed by atoms with E-state index in [1.165, 1.54) is 6.20 Å². The molecule has 5 heteroatoms. The van der Waals surface area contributed by atoms with Gasteiger partial charge in [0.25, 0.3) is 5.91 Å². The number of rotatable bonds is 3. The number of aromatic nitrogens is 3. The highest BCUT2D eigenvalue weighted by Gasteiger charge is 2.13. The van der Waals surface area contributed by atoms with Crippen LogP contribution in [0.3, 0.4) is 0 Å². The van der Waals surface area contributed by atoms with Crippen LogP contribution in [0.25, 0.3) is 0 Å². The van der Waals surface area contributed by atoms with Crippen LogP contribution in [0.15, 0.2) is 36.9 Å². The van der Waals surface area contributed by atoms with Crippen molar-refractivity contribution in [2.75, 3.05) is 7.05 Å². The SMILES string of the molecule is Cc1cnc(C(=O)N(C)Cc2cccnc2)cn1. The fourth-order valence-corrected chi connectivity index (χ4v) is 1.54. The number of nitrogens with zero attached hydrogens (tertiary/aromatic N) is 4. The smallest absolute Gasteiger partial charge is 0.274 e. The molecule has 2 aromatic heterocycles. The van der Waals surface area contributed by atoms with Crippen LogP contribution in [0.4, 0.5) is 0 Å². The molecule has 0 radical (unpaired) electrons. The summed E-state index contributed by atoms with van der Waals surface area (Å²) in [6, 6.07) is 3.77. The maximum Gasteiger partial charge on any atom is 0.274 e. The molecule has 0 bridgehead atoms. The lowest BCUT2D eigenvalue weighted by atomic mass is 10.2. The Balaban J connectivity index is 2.07. The van der Waals surface area contributed by atoms with Crippen LogP contribution in [0, 0.1) is 6.92 Å². The molecule has 1 amide bonds. The Bertz CT molecular complexity index is 524. The molecule has 0 spiro atoms. The van der Waals surface area contributed by atoms with Crippen molar-refractivity contribution in [1.29, 1.82) is 0 Å². The molecule has 0 aromatic carbocycles. The third kappa shape index (κ3) is 2.88. The molecule has 2 rings (SSSR count). The predicted octanol–water partition coefficient (Wildman–Crippen LogP) is 1.45. The lowest BCUT2D eigenvalue weighted by molar-refractivity contribution is 0.0778. The molecule has 92 valence electrons. The van der Waals surface area contributed by atoms with Gasteiger partial charge >= 0.3 is 0 Å². The minimum absolute atomic E-state index is 0.147. The third-order valence-corrected chi connectivity index (χ3v) is 2.49. The molecule has 0 aliphatic heterocycles. The molecule has 0 aliphatic rings. The highest BCUT2D eigenvalue weighted by Crippen LogP contribution is 2.05. The van der Waals surface area contributed by atoms with Crippen molar-refractivity contribution in [3.63, 3.8) is 0 Å². The second-order valence-electron chi connectivity index (χ2n) is 4.07. The molecule has 0 atom stereocenters. The van der Waals surface area contributed by atoms with E-state index >= 15 is 0 Å². The first kappa shape index (κ1) is 12.2. The maximum atomic E-state index is 12.1. The first-order chi connectivity index (χ1) is 8.66. The number of amides is 1. The molecule has 18 heavy (non-hydrogen) atoms. The Labute approximate surface area is 106 Å². The molecule has 5 nitrogen and oxygen atoms in total. The van der Waals surface area contributed by atoms with Gasteiger partial charge in [0.2, 0.25) is 0 Å². The van der Waals surface area contributed by atoms with E-state index in [0.29, 0.717) is 12.2 Å². The zero-order valence-electron chi connectivity index (χ0n) is 10.4. The molecule has 0 fully saturated rings. The third-order valence-electron chi connectivity index (χ3n) is 2.49. The van der Waals surface area contributed by atoms with E-state index in [1.54, 1.807) is 30.5 Å². The fourth-order valence-electron chi connectivity index (χ4n) is 1.54. The van der Waals surface area contributed by atoms with Gasteiger partial charge in [0.15, 0.2) is 0 Å². The summed E-state index contributed by atoms with van der Waals surface area (Å²) >= 11 is 0. The quantitative estimate of drug-likeness (QED) is 0.817. The zero-order chi connectivity index (χ0) is 13.0. The number of pyridine rings is 1. The zero-order valence-corrected chi connectivity index (χ0v) is 10.4. The molecule has 2 heterocycles. The number of hydrogen-bond donors (Lipinski definition) is 0. The number of hydrogen-bond acceptors (Lipinski definition) is 4. The monoisotopic (exact) mass is 242 g/mol. The van der Waals surface area contributed by atoms with E-state index in [2.05, 4.69) is 15.0 Å². The van der Waals surface area contributed by atoms with Gasteiger partial charge in [-0.3, -0.25) is 14.8 Å². The summed E-state index contributed by atoms with van der Waals surface area (Å²) in [6.45, 7) is 2.34. The minimum Gasteiger partial charge on any atom is -0.336 e. The summed E-state index contributed by atoms with van der Waals surface area (Å²) < 4.78 is 0. The van der Waals surface area contributed by atoms with E-state index in [1.807, 2.05) is 19.1 Å². The molecule has 0 saturated carbocycles. The Kier molecular flexibility index (Phi) is 3.62. The lowest BCUT2D eigenvalue weighted by Crippen LogP contribution is -2.27. The van der Waals surface area contributed by atoms with Crippen molar-refractivity contribution >= 4 is 5.91 Å². The summed E-state index contributed by atoms with van der Waals surface area (Å²) in [5.74, 6) is -0.147. The summed E-state index contributed by atoms with van der Waals surface area (Å²) in [5, 5.41) is 0. The summed E-state index contributed by atoms with van der Waals surface area (Å²) in [4.78, 5) is 25.8. The van der Waals surface area contributed by atoms with E-state index in [4.69, 9.17) is 0 Å². The molecule has 0 N–H and O–H groups in total. The van der Waals surface area contributed by atoms with Crippen LogP contribution in [-0.2, 0) is 6.54 Å². The lowest BCUT2D eigenvalue weighted by Gasteiger charge is -2.16. The predicted molar refractivity (Wildman–Crippen MR) is 66.8 cm³/mol. The second-order valence-corrected chi connectivity index (χ2v) is 4.07. The van der Waals surface area contributed by atoms with Gasteiger partial charge in [-0.1, -0.05) is 6.07 Å². The summed E-state index contributed by atoms with van der Waals surface area (Å²) in [7, 11) is 1.73. The van der Waals surface area contributed by atoms with Crippen LogP contribution < -0.4 is 0 Å². The molecule has 0 unspecified atom stereocenters. The molecule has 0 saturated heterocycles. The van der Waals surface area contributed by atoms with Crippen molar-refractivity contribution in [2.45, 2.75) is 13.5 Å². The highest BCUT2D eigenvalue weighted by molar-refractivity contribution is 5.91. The Morgan fingerprint density at radius 3 is 2.72 bits per heavy atom. The second kappa shape index (κ2) is 5.35. The molecule has 0 aliphatic carbocycles. The summed E-state index contributed by atoms with van der Waals surface area (Å²) in [5.41, 5.74) is 2.13. The van der Waals surface area contributed by atoms with E-state index in [-0.39, 0.29) is 5.91 Å². The van der Waals surface area contributed by atoms with Crippen molar-refractivity contribution < 1.29 is 4.79 Å². The van der Waals surface area contributed by atoms with E-state index in [9.17, 15) is 4.79 Å². The topological polar surface area (TPSA) is 59.0 Å². The Morgan fingerprint density at radius 1 is 1.28 bits per heavy atom. The van der Waals surface area contributed by atoms with Gasteiger partial charge in [0.05, 0.1) is 11.9 Å². The van der Waals surface area contributed by atoms with Gasteiger partial charge in [0, 0.05) is 32.2 Å². The van der Waals surface area contributed by atoms with Crippen LogP contribution in [0.2, 0.25) is 0 Å². The molecule has 2 aromatic rings. The van der Waals surface area contributed by atoms with Gasteiger partial charge in [-0.05, 0) is 18.6 Å². The Hall–Kier alpha value is -2.30. The van der Waals surface area contributed by atoms with Crippen LogP contribution in [0.5, 0.6) is 0 Å². The van der Waals surface area contributed by atoms with Crippen molar-refractivity contribution in [1.82, 2.24) is 19.9 Å². The summed E-state index contributed by atoms with van der Waals surface area (Å²) in [6.07, 6.45) is 6.53. The standard InChI is InChI=1S/C13H14N4O/c1-10-6-16-12(8-15-10)13(18)17(2)9-11-4-3-5-14-7-11/h3-8H,9H2,1-2H3. The highest BCUT2D eigenvalue weighted by atomic mass is 16.2. The maximum absolute atomic E-state index is 12.1. The average Bonchev–Trinajstić information content (AvgIpc) is 2.40. The van der Waals surface area contributed by atoms with Crippen molar-refractivity contribution in [3.8, 4) is 0 Å².